The number of alkyl halides is 2. The van der Waals surface area contributed by atoms with Crippen molar-refractivity contribution in [2.75, 3.05) is 13.2 Å². The van der Waals surface area contributed by atoms with Crippen molar-refractivity contribution in [3.05, 3.63) is 0 Å². The summed E-state index contributed by atoms with van der Waals surface area (Å²) in [5.74, 6) is 0. The maximum atomic E-state index is 11.6. The van der Waals surface area contributed by atoms with Crippen molar-refractivity contribution in [2.24, 2.45) is 0 Å². The van der Waals surface area contributed by atoms with E-state index in [1.165, 1.54) is 0 Å². The van der Waals surface area contributed by atoms with Crippen LogP contribution in [0.2, 0.25) is 0 Å². The van der Waals surface area contributed by atoms with Crippen molar-refractivity contribution in [1.29, 1.82) is 0 Å². The highest BCUT2D eigenvalue weighted by molar-refractivity contribution is 9.26. The van der Waals surface area contributed by atoms with Crippen molar-refractivity contribution >= 4 is 39.5 Å². The maximum absolute atomic E-state index is 11.6. The van der Waals surface area contributed by atoms with Crippen LogP contribution in [0.15, 0.2) is 0 Å². The van der Waals surface area contributed by atoms with Gasteiger partial charge in [-0.25, -0.2) is 0 Å². The molecule has 11 heavy (non-hydrogen) atoms. The Morgan fingerprint density at radius 2 is 1.64 bits per heavy atom. The molecule has 0 saturated carbocycles. The van der Waals surface area contributed by atoms with Crippen LogP contribution in [0, 0.1) is 0 Å². The van der Waals surface area contributed by atoms with Crippen LogP contribution >= 0.6 is 39.5 Å². The van der Waals surface area contributed by atoms with E-state index in [0.717, 1.165) is 0 Å². The lowest BCUT2D eigenvalue weighted by Crippen LogP contribution is -2.00. The summed E-state index contributed by atoms with van der Waals surface area (Å²) >= 11 is 6.21. The van der Waals surface area contributed by atoms with E-state index in [2.05, 4.69) is 31.9 Å². The highest BCUT2D eigenvalue weighted by Gasteiger charge is 2.31. The molecule has 0 aromatic carbocycles. The maximum Gasteiger partial charge on any atom is 0.354 e. The molecule has 0 rings (SSSR count). The predicted molar refractivity (Wildman–Crippen MR) is 52.5 cm³/mol. The van der Waals surface area contributed by atoms with Gasteiger partial charge in [0.15, 0.2) is 3.48 Å². The van der Waals surface area contributed by atoms with Crippen LogP contribution in [-0.2, 0) is 13.6 Å². The Labute approximate surface area is 83.6 Å². The van der Waals surface area contributed by atoms with Crippen LogP contribution in [0.25, 0.3) is 0 Å². The van der Waals surface area contributed by atoms with Crippen LogP contribution < -0.4 is 0 Å². The molecule has 0 fully saturated rings. The summed E-state index contributed by atoms with van der Waals surface area (Å²) in [6.07, 6.45) is 0. The van der Waals surface area contributed by atoms with Crippen molar-refractivity contribution in [2.45, 2.75) is 17.3 Å². The van der Waals surface area contributed by atoms with Gasteiger partial charge in [0.1, 0.15) is 0 Å². The lowest BCUT2D eigenvalue weighted by molar-refractivity contribution is 0.223. The molecule has 0 radical (unpaired) electrons. The second-order valence-electron chi connectivity index (χ2n) is 1.65. The van der Waals surface area contributed by atoms with Crippen molar-refractivity contribution in [3.8, 4) is 0 Å². The zero-order valence-electron chi connectivity index (χ0n) is 6.42. The second kappa shape index (κ2) is 5.70. The smallest absolute Gasteiger partial charge is 0.307 e. The first kappa shape index (κ1) is 12.1. The van der Waals surface area contributed by atoms with Gasteiger partial charge in [0, 0.05) is 0 Å². The van der Waals surface area contributed by atoms with Crippen LogP contribution in [0.4, 0.5) is 0 Å². The quantitative estimate of drug-likeness (QED) is 0.577. The van der Waals surface area contributed by atoms with Gasteiger partial charge in [-0.05, 0) is 13.8 Å². The minimum Gasteiger partial charge on any atom is -0.307 e. The Morgan fingerprint density at radius 3 is 1.82 bits per heavy atom. The van der Waals surface area contributed by atoms with Crippen LogP contribution in [0.5, 0.6) is 0 Å². The minimum absolute atomic E-state index is 0.380. The third-order valence-electron chi connectivity index (χ3n) is 0.857. The topological polar surface area (TPSA) is 35.5 Å². The van der Waals surface area contributed by atoms with Gasteiger partial charge in [0.05, 0.1) is 13.2 Å². The molecule has 6 heteroatoms. The Balaban J connectivity index is 4.14. The summed E-state index contributed by atoms with van der Waals surface area (Å²) in [5, 5.41) is 0. The first-order valence-electron chi connectivity index (χ1n) is 3.23. The van der Waals surface area contributed by atoms with Gasteiger partial charge < -0.3 is 9.05 Å². The first-order chi connectivity index (χ1) is 5.06. The molecule has 0 saturated heterocycles. The fourth-order valence-electron chi connectivity index (χ4n) is 0.510. The van der Waals surface area contributed by atoms with Gasteiger partial charge in [0.2, 0.25) is 0 Å². The molecule has 0 amide bonds. The Morgan fingerprint density at radius 1 is 1.27 bits per heavy atom. The minimum atomic E-state index is -2.96. The highest BCUT2D eigenvalue weighted by atomic mass is 79.9. The van der Waals surface area contributed by atoms with Gasteiger partial charge in [-0.15, -0.1) is 0 Å². The van der Waals surface area contributed by atoms with E-state index in [4.69, 9.17) is 9.05 Å². The molecule has 0 unspecified atom stereocenters. The molecule has 0 aromatic rings. The van der Waals surface area contributed by atoms with Gasteiger partial charge in [0.25, 0.3) is 0 Å². The monoisotopic (exact) mass is 308 g/mol. The fraction of sp³-hybridized carbons (Fsp3) is 1.00. The first-order valence-corrected chi connectivity index (χ1v) is 6.68. The zero-order valence-corrected chi connectivity index (χ0v) is 10.5. The van der Waals surface area contributed by atoms with Crippen LogP contribution in [0.3, 0.4) is 0 Å². The van der Waals surface area contributed by atoms with Gasteiger partial charge >= 0.3 is 7.60 Å². The van der Waals surface area contributed by atoms with Gasteiger partial charge in [-0.1, -0.05) is 31.9 Å². The molecular formula is C5H11Br2O3P. The summed E-state index contributed by atoms with van der Waals surface area (Å²) in [6, 6.07) is 0. The molecule has 0 aliphatic heterocycles. The van der Waals surface area contributed by atoms with Gasteiger partial charge in [-0.3, -0.25) is 4.57 Å². The molecule has 0 aromatic heterocycles. The summed E-state index contributed by atoms with van der Waals surface area (Å²) < 4.78 is 21.1. The number of hydrogen-bond acceptors (Lipinski definition) is 3. The highest BCUT2D eigenvalue weighted by Crippen LogP contribution is 2.57. The Hall–Kier alpha value is 1.11. The lowest BCUT2D eigenvalue weighted by Gasteiger charge is -2.17. The Bertz CT molecular complexity index is 141. The van der Waals surface area contributed by atoms with E-state index in [1.54, 1.807) is 13.8 Å². The third-order valence-corrected chi connectivity index (χ3v) is 5.58. The molecule has 0 spiro atoms. The predicted octanol–water partition coefficient (Wildman–Crippen LogP) is 3.33. The average Bonchev–Trinajstić information content (AvgIpc) is 1.88. The molecule has 0 heterocycles. The van der Waals surface area contributed by atoms with E-state index >= 15 is 0 Å². The SMILES string of the molecule is CCOP(=O)(OCC)C(Br)Br. The van der Waals surface area contributed by atoms with Crippen molar-refractivity contribution in [3.63, 3.8) is 0 Å². The normalized spacial score (nSPS) is 12.5. The second-order valence-corrected chi connectivity index (χ2v) is 8.24. The number of hydrogen-bond donors (Lipinski definition) is 0. The molecule has 0 N–H and O–H groups in total. The molecule has 0 aliphatic carbocycles. The molecule has 0 bridgehead atoms. The molecule has 0 aliphatic rings. The Kier molecular flexibility index (Phi) is 6.28. The average molecular weight is 310 g/mol. The van der Waals surface area contributed by atoms with Crippen molar-refractivity contribution < 1.29 is 13.6 Å². The van der Waals surface area contributed by atoms with Crippen LogP contribution in [0.1, 0.15) is 13.8 Å². The summed E-state index contributed by atoms with van der Waals surface area (Å²) in [7, 11) is -2.96. The lowest BCUT2D eigenvalue weighted by atomic mass is 10.9. The third kappa shape index (κ3) is 4.04. The van der Waals surface area contributed by atoms with E-state index < -0.39 is 11.1 Å². The number of halogens is 2. The van der Waals surface area contributed by atoms with E-state index in [-0.39, 0.29) is 0 Å². The fourth-order valence-corrected chi connectivity index (χ4v) is 2.95. The summed E-state index contributed by atoms with van der Waals surface area (Å²) in [6.45, 7) is 4.30. The van der Waals surface area contributed by atoms with E-state index in [1.807, 2.05) is 0 Å². The zero-order chi connectivity index (χ0) is 8.91. The largest absolute Gasteiger partial charge is 0.354 e. The van der Waals surface area contributed by atoms with E-state index in [0.29, 0.717) is 13.2 Å². The molecule has 0 atom stereocenters. The molecular weight excluding hydrogens is 299 g/mol. The molecule has 3 nitrogen and oxygen atoms in total. The molecule has 68 valence electrons. The summed E-state index contributed by atoms with van der Waals surface area (Å²) in [4.78, 5) is 0. The van der Waals surface area contributed by atoms with Crippen LogP contribution in [-0.4, -0.2) is 16.7 Å². The number of rotatable bonds is 5. The summed E-state index contributed by atoms with van der Waals surface area (Å²) in [5.41, 5.74) is 0. The standard InChI is InChI=1S/C5H11Br2O3P/c1-3-9-11(8,5(6)7)10-4-2/h5H,3-4H2,1-2H3. The van der Waals surface area contributed by atoms with E-state index in [9.17, 15) is 4.57 Å². The van der Waals surface area contributed by atoms with Gasteiger partial charge in [-0.2, -0.15) is 0 Å². The van der Waals surface area contributed by atoms with Crippen molar-refractivity contribution in [1.82, 2.24) is 0 Å².